The average Bonchev–Trinajstić information content (AvgIpc) is 3.01. The first-order valence-electron chi connectivity index (χ1n) is 7.14. The van der Waals surface area contributed by atoms with E-state index in [1.165, 1.54) is 44.2 Å². The van der Waals surface area contributed by atoms with Crippen LogP contribution in [0.5, 0.6) is 0 Å². The van der Waals surface area contributed by atoms with Crippen molar-refractivity contribution in [3.05, 3.63) is 16.4 Å². The zero-order chi connectivity index (χ0) is 13.0. The van der Waals surface area contributed by atoms with Crippen LogP contribution >= 0.6 is 15.9 Å². The van der Waals surface area contributed by atoms with Crippen molar-refractivity contribution < 1.29 is 0 Å². The van der Waals surface area contributed by atoms with Gasteiger partial charge in [0.2, 0.25) is 0 Å². The smallest absolute Gasteiger partial charge is 0.0695 e. The Morgan fingerprint density at radius 3 is 2.83 bits per heavy atom. The Kier molecular flexibility index (Phi) is 5.25. The molecule has 0 radical (unpaired) electrons. The monoisotopic (exact) mass is 313 g/mol. The van der Waals surface area contributed by atoms with Gasteiger partial charge in [0, 0.05) is 6.54 Å². The molecule has 102 valence electrons. The first kappa shape index (κ1) is 14.1. The Hall–Kier alpha value is -0.350. The highest BCUT2D eigenvalue weighted by Crippen LogP contribution is 2.33. The van der Waals surface area contributed by atoms with Gasteiger partial charge in [0.1, 0.15) is 0 Å². The van der Waals surface area contributed by atoms with E-state index in [1.807, 2.05) is 6.20 Å². The summed E-state index contributed by atoms with van der Waals surface area (Å²) < 4.78 is 3.23. The predicted octanol–water partition coefficient (Wildman–Crippen LogP) is 3.90. The van der Waals surface area contributed by atoms with Crippen molar-refractivity contribution in [2.24, 2.45) is 5.92 Å². The number of aromatic nitrogens is 2. The molecule has 0 amide bonds. The van der Waals surface area contributed by atoms with Crippen LogP contribution in [0.1, 0.15) is 57.2 Å². The maximum absolute atomic E-state index is 4.41. The zero-order valence-electron chi connectivity index (χ0n) is 11.5. The molecule has 2 rings (SSSR count). The van der Waals surface area contributed by atoms with E-state index in [0.29, 0.717) is 6.04 Å². The average molecular weight is 314 g/mol. The fraction of sp³-hybridized carbons (Fsp3) is 0.786. The molecule has 1 N–H and O–H groups in total. The molecule has 1 unspecified atom stereocenters. The van der Waals surface area contributed by atoms with E-state index in [9.17, 15) is 0 Å². The molecule has 1 aliphatic carbocycles. The summed E-state index contributed by atoms with van der Waals surface area (Å²) in [5.74, 6) is 0.956. The van der Waals surface area contributed by atoms with Crippen LogP contribution < -0.4 is 5.32 Å². The molecule has 0 spiro atoms. The molecule has 1 aromatic rings. The number of rotatable bonds is 6. The molecular formula is C14H24BrN3. The van der Waals surface area contributed by atoms with Crippen molar-refractivity contribution in [3.63, 3.8) is 0 Å². The van der Waals surface area contributed by atoms with Crippen molar-refractivity contribution in [3.8, 4) is 0 Å². The second-order valence-corrected chi connectivity index (χ2v) is 6.12. The van der Waals surface area contributed by atoms with E-state index in [1.54, 1.807) is 0 Å². The first-order valence-corrected chi connectivity index (χ1v) is 7.94. The Balaban J connectivity index is 2.00. The van der Waals surface area contributed by atoms with Gasteiger partial charge in [0.15, 0.2) is 0 Å². The van der Waals surface area contributed by atoms with E-state index >= 15 is 0 Å². The molecule has 1 saturated carbocycles. The normalized spacial score (nSPS) is 18.4. The predicted molar refractivity (Wildman–Crippen MR) is 78.6 cm³/mol. The molecule has 1 fully saturated rings. The van der Waals surface area contributed by atoms with Gasteiger partial charge < -0.3 is 5.32 Å². The minimum atomic E-state index is 0.419. The molecular weight excluding hydrogens is 290 g/mol. The summed E-state index contributed by atoms with van der Waals surface area (Å²) in [6, 6.07) is 0.419. The summed E-state index contributed by atoms with van der Waals surface area (Å²) in [7, 11) is 2.05. The quantitative estimate of drug-likeness (QED) is 0.863. The van der Waals surface area contributed by atoms with Crippen LogP contribution in [0.3, 0.4) is 0 Å². The third-order valence-corrected chi connectivity index (χ3v) is 4.76. The van der Waals surface area contributed by atoms with E-state index in [0.717, 1.165) is 16.9 Å². The summed E-state index contributed by atoms with van der Waals surface area (Å²) in [5.41, 5.74) is 1.30. The molecule has 0 aliphatic heterocycles. The van der Waals surface area contributed by atoms with Crippen LogP contribution in [0.2, 0.25) is 0 Å². The summed E-state index contributed by atoms with van der Waals surface area (Å²) >= 11 is 3.63. The topological polar surface area (TPSA) is 29.9 Å². The molecule has 1 atom stereocenters. The molecule has 0 saturated heterocycles. The maximum Gasteiger partial charge on any atom is 0.0695 e. The van der Waals surface area contributed by atoms with E-state index < -0.39 is 0 Å². The zero-order valence-corrected chi connectivity index (χ0v) is 13.0. The van der Waals surface area contributed by atoms with Gasteiger partial charge in [0.25, 0.3) is 0 Å². The molecule has 4 heteroatoms. The van der Waals surface area contributed by atoms with Gasteiger partial charge in [-0.1, -0.05) is 25.7 Å². The molecule has 1 aliphatic rings. The minimum absolute atomic E-state index is 0.419. The third kappa shape index (κ3) is 3.15. The van der Waals surface area contributed by atoms with Crippen LogP contribution in [0, 0.1) is 5.92 Å². The lowest BCUT2D eigenvalue weighted by Crippen LogP contribution is -2.21. The van der Waals surface area contributed by atoms with Crippen LogP contribution in [0.4, 0.5) is 0 Å². The van der Waals surface area contributed by atoms with Gasteiger partial charge in [-0.2, -0.15) is 5.10 Å². The fourth-order valence-corrected chi connectivity index (χ4v) is 3.66. The molecule has 0 aromatic carbocycles. The number of aryl methyl sites for hydroxylation is 1. The van der Waals surface area contributed by atoms with E-state index in [4.69, 9.17) is 0 Å². The lowest BCUT2D eigenvalue weighted by atomic mass is 9.97. The van der Waals surface area contributed by atoms with Crippen molar-refractivity contribution in [1.82, 2.24) is 15.1 Å². The largest absolute Gasteiger partial charge is 0.312 e. The van der Waals surface area contributed by atoms with Gasteiger partial charge in [-0.15, -0.1) is 0 Å². The Bertz CT molecular complexity index is 369. The van der Waals surface area contributed by atoms with Crippen molar-refractivity contribution in [2.45, 2.75) is 58.0 Å². The van der Waals surface area contributed by atoms with E-state index in [-0.39, 0.29) is 0 Å². The van der Waals surface area contributed by atoms with Crippen molar-refractivity contribution >= 4 is 15.9 Å². The fourth-order valence-electron chi connectivity index (χ4n) is 3.09. The Labute approximate surface area is 118 Å². The Morgan fingerprint density at radius 1 is 1.50 bits per heavy atom. The molecule has 0 bridgehead atoms. The lowest BCUT2D eigenvalue weighted by molar-refractivity contribution is 0.409. The number of hydrogen-bond donors (Lipinski definition) is 1. The highest BCUT2D eigenvalue weighted by molar-refractivity contribution is 9.10. The number of hydrogen-bond acceptors (Lipinski definition) is 2. The van der Waals surface area contributed by atoms with Crippen molar-refractivity contribution in [1.29, 1.82) is 0 Å². The SMILES string of the molecule is CCn1ncc(Br)c1C(CCC1CCCC1)NC. The lowest BCUT2D eigenvalue weighted by Gasteiger charge is -2.20. The van der Waals surface area contributed by atoms with E-state index in [2.05, 4.69) is 45.0 Å². The molecule has 1 aromatic heterocycles. The van der Waals surface area contributed by atoms with Crippen LogP contribution in [0.15, 0.2) is 10.7 Å². The first-order chi connectivity index (χ1) is 8.76. The van der Waals surface area contributed by atoms with Crippen LogP contribution in [0.25, 0.3) is 0 Å². The van der Waals surface area contributed by atoms with Gasteiger partial charge in [-0.05, 0) is 48.7 Å². The molecule has 3 nitrogen and oxygen atoms in total. The van der Waals surface area contributed by atoms with Gasteiger partial charge >= 0.3 is 0 Å². The highest BCUT2D eigenvalue weighted by Gasteiger charge is 2.21. The Morgan fingerprint density at radius 2 is 2.22 bits per heavy atom. The van der Waals surface area contributed by atoms with Crippen LogP contribution in [-0.4, -0.2) is 16.8 Å². The van der Waals surface area contributed by atoms with Gasteiger partial charge in [0.05, 0.1) is 22.4 Å². The van der Waals surface area contributed by atoms with Crippen molar-refractivity contribution in [2.75, 3.05) is 7.05 Å². The summed E-state index contributed by atoms with van der Waals surface area (Å²) in [4.78, 5) is 0. The number of nitrogens with one attached hydrogen (secondary N) is 1. The number of halogens is 1. The second-order valence-electron chi connectivity index (χ2n) is 5.26. The van der Waals surface area contributed by atoms with Gasteiger partial charge in [-0.3, -0.25) is 4.68 Å². The molecule has 18 heavy (non-hydrogen) atoms. The third-order valence-electron chi connectivity index (χ3n) is 4.15. The summed E-state index contributed by atoms with van der Waals surface area (Å²) in [6.45, 7) is 3.08. The van der Waals surface area contributed by atoms with Crippen LogP contribution in [-0.2, 0) is 6.54 Å². The van der Waals surface area contributed by atoms with Gasteiger partial charge in [-0.25, -0.2) is 0 Å². The molecule has 1 heterocycles. The standard InChI is InChI=1S/C14H24BrN3/c1-3-18-14(12(15)10-17-18)13(16-2)9-8-11-6-4-5-7-11/h10-11,13,16H,3-9H2,1-2H3. The number of nitrogens with zero attached hydrogens (tertiary/aromatic N) is 2. The highest BCUT2D eigenvalue weighted by atomic mass is 79.9. The summed E-state index contributed by atoms with van der Waals surface area (Å²) in [5, 5.41) is 7.87. The second kappa shape index (κ2) is 6.71. The maximum atomic E-state index is 4.41. The summed E-state index contributed by atoms with van der Waals surface area (Å²) in [6.07, 6.45) is 10.2. The minimum Gasteiger partial charge on any atom is -0.312 e.